The molecule has 1 unspecified atom stereocenters. The minimum absolute atomic E-state index is 0.0224. The lowest BCUT2D eigenvalue weighted by Gasteiger charge is -2.34. The molecule has 2 aliphatic heterocycles. The van der Waals surface area contributed by atoms with Gasteiger partial charge in [-0.2, -0.15) is 19.4 Å². The molecule has 0 aliphatic carbocycles. The molecule has 2 atom stereocenters. The zero-order valence-corrected chi connectivity index (χ0v) is 15.4. The smallest absolute Gasteiger partial charge is 0.414 e. The lowest BCUT2D eigenvalue weighted by Crippen LogP contribution is -2.37. The Morgan fingerprint density at radius 3 is 2.75 bits per heavy atom. The third kappa shape index (κ3) is 4.59. The van der Waals surface area contributed by atoms with Crippen LogP contribution < -0.4 is 10.2 Å². The number of hydrogen-bond donors (Lipinski definition) is 3. The van der Waals surface area contributed by atoms with Gasteiger partial charge in [-0.05, 0) is 24.1 Å². The van der Waals surface area contributed by atoms with Crippen molar-refractivity contribution >= 4 is 28.3 Å². The van der Waals surface area contributed by atoms with Crippen molar-refractivity contribution in [1.82, 2.24) is 5.32 Å². The predicted molar refractivity (Wildman–Crippen MR) is 97.2 cm³/mol. The quantitative estimate of drug-likeness (QED) is 0.679. The number of benzene rings is 1. The van der Waals surface area contributed by atoms with Gasteiger partial charge in [0.25, 0.3) is 5.91 Å². The third-order valence-electron chi connectivity index (χ3n) is 4.53. The maximum Gasteiger partial charge on any atom is 0.414 e. The van der Waals surface area contributed by atoms with Crippen LogP contribution in [0.4, 0.5) is 23.7 Å². The van der Waals surface area contributed by atoms with E-state index in [0.717, 1.165) is 11.0 Å². The van der Waals surface area contributed by atoms with E-state index in [1.807, 2.05) is 5.32 Å². The monoisotopic (exact) mass is 420 g/mol. The van der Waals surface area contributed by atoms with Crippen LogP contribution in [0.1, 0.15) is 17.9 Å². The zero-order chi connectivity index (χ0) is 20.5. The number of cyclic esters (lactones) is 1. The molecule has 1 saturated heterocycles. The minimum Gasteiger partial charge on any atom is -0.442 e. The summed E-state index contributed by atoms with van der Waals surface area (Å²) in [6.45, 7) is -0.295. The largest absolute Gasteiger partial charge is 0.442 e. The molecule has 7 nitrogen and oxygen atoms in total. The summed E-state index contributed by atoms with van der Waals surface area (Å²) < 4.78 is 63.2. The number of rotatable bonds is 5. The van der Waals surface area contributed by atoms with Gasteiger partial charge in [-0.3, -0.25) is 18.8 Å². The number of halogens is 3. The van der Waals surface area contributed by atoms with Crippen LogP contribution in [0.25, 0.3) is 0 Å². The van der Waals surface area contributed by atoms with E-state index in [-0.39, 0.29) is 30.4 Å². The van der Waals surface area contributed by atoms with E-state index in [1.54, 1.807) is 6.08 Å². The Morgan fingerprint density at radius 2 is 2.14 bits per heavy atom. The van der Waals surface area contributed by atoms with Crippen LogP contribution in [0.3, 0.4) is 0 Å². The Morgan fingerprint density at radius 1 is 1.39 bits per heavy atom. The lowest BCUT2D eigenvalue weighted by molar-refractivity contribution is -0.132. The molecular weight excluding hydrogens is 401 g/mol. The number of allylic oxidation sites excluding steroid dienone is 1. The van der Waals surface area contributed by atoms with Crippen LogP contribution >= 0.6 is 10.6 Å². The van der Waals surface area contributed by atoms with Gasteiger partial charge in [-0.25, -0.2) is 9.18 Å². The fourth-order valence-corrected chi connectivity index (χ4v) is 4.24. The van der Waals surface area contributed by atoms with E-state index in [9.17, 15) is 31.9 Å². The maximum atomic E-state index is 14.6. The van der Waals surface area contributed by atoms with Crippen molar-refractivity contribution in [1.29, 1.82) is 0 Å². The van der Waals surface area contributed by atoms with E-state index in [0.29, 0.717) is 12.0 Å². The number of carbonyl (C=O) groups excluding carboxylic acids is 2. The molecular formula is C17H19F3N2O5S. The Bertz CT molecular complexity index is 805. The molecule has 28 heavy (non-hydrogen) atoms. The summed E-state index contributed by atoms with van der Waals surface area (Å²) in [5.41, 5.74) is 0.598. The molecule has 2 heterocycles. The minimum atomic E-state index is -3.16. The zero-order valence-electron chi connectivity index (χ0n) is 14.6. The number of hydrogen-bond acceptors (Lipinski definition) is 5. The van der Waals surface area contributed by atoms with Gasteiger partial charge in [0.15, 0.2) is 0 Å². The molecule has 3 rings (SSSR count). The number of ether oxygens (including phenoxy) is 1. The first kappa shape index (κ1) is 20.5. The standard InChI is InChI=1S/C17H19F3N2O5S/c18-14-7-11(1-2-13(14)10-3-5-28(25,26)6-4-10)22-9-12(27-17(22)24)8-21-16(23)15(19)20/h1-3,5,7,10,12,15,25-26H,4,6,8-9H2,(H,21,23)/t10?,12-/m0/s1. The topological polar surface area (TPSA) is 99.1 Å². The second-order valence-corrected chi connectivity index (χ2v) is 8.63. The highest BCUT2D eigenvalue weighted by Crippen LogP contribution is 2.47. The summed E-state index contributed by atoms with van der Waals surface area (Å²) in [7, 11) is -2.74. The van der Waals surface area contributed by atoms with E-state index in [4.69, 9.17) is 4.74 Å². The fraction of sp³-hybridized carbons (Fsp3) is 0.412. The Labute approximate surface area is 160 Å². The summed E-state index contributed by atoms with van der Waals surface area (Å²) in [5.74, 6) is -2.17. The first-order valence-corrected chi connectivity index (χ1v) is 10.2. The Balaban J connectivity index is 1.67. The van der Waals surface area contributed by atoms with Gasteiger partial charge in [0.05, 0.1) is 18.8 Å². The van der Waals surface area contributed by atoms with Crippen molar-refractivity contribution in [3.63, 3.8) is 0 Å². The van der Waals surface area contributed by atoms with E-state index in [2.05, 4.69) is 0 Å². The molecule has 1 aromatic rings. The summed E-state index contributed by atoms with van der Waals surface area (Å²) in [6.07, 6.45) is -2.82. The molecule has 11 heteroatoms. The highest BCUT2D eigenvalue weighted by molar-refractivity contribution is 8.26. The first-order chi connectivity index (χ1) is 13.2. The summed E-state index contributed by atoms with van der Waals surface area (Å²) >= 11 is 0. The molecule has 0 saturated carbocycles. The molecule has 154 valence electrons. The van der Waals surface area contributed by atoms with Crippen LogP contribution in [-0.2, 0) is 9.53 Å². The van der Waals surface area contributed by atoms with Crippen molar-refractivity contribution in [2.24, 2.45) is 0 Å². The van der Waals surface area contributed by atoms with E-state index >= 15 is 0 Å². The number of amides is 2. The van der Waals surface area contributed by atoms with Gasteiger partial charge in [-0.1, -0.05) is 12.1 Å². The average molecular weight is 420 g/mol. The van der Waals surface area contributed by atoms with Crippen LogP contribution in [-0.4, -0.2) is 52.5 Å². The maximum absolute atomic E-state index is 14.6. The van der Waals surface area contributed by atoms with E-state index < -0.39 is 40.9 Å². The van der Waals surface area contributed by atoms with Crippen molar-refractivity contribution < 1.29 is 36.6 Å². The number of nitrogens with zero attached hydrogens (tertiary/aromatic N) is 1. The number of carbonyl (C=O) groups is 2. The van der Waals surface area contributed by atoms with Crippen molar-refractivity contribution in [3.8, 4) is 0 Å². The average Bonchev–Trinajstić information content (AvgIpc) is 3.00. The van der Waals surface area contributed by atoms with Gasteiger partial charge < -0.3 is 10.1 Å². The number of nitrogens with one attached hydrogen (secondary N) is 1. The fourth-order valence-electron chi connectivity index (χ4n) is 3.06. The Hall–Kier alpha value is -2.24. The van der Waals surface area contributed by atoms with Crippen molar-refractivity contribution in [2.45, 2.75) is 24.9 Å². The summed E-state index contributed by atoms with van der Waals surface area (Å²) in [5, 5.41) is 3.27. The van der Waals surface area contributed by atoms with Gasteiger partial charge in [0.2, 0.25) is 0 Å². The second-order valence-electron chi connectivity index (χ2n) is 6.51. The summed E-state index contributed by atoms with van der Waals surface area (Å²) in [4.78, 5) is 24.0. The molecule has 1 aromatic carbocycles. The van der Waals surface area contributed by atoms with Gasteiger partial charge >= 0.3 is 12.5 Å². The van der Waals surface area contributed by atoms with Gasteiger partial charge in [0.1, 0.15) is 11.9 Å². The highest BCUT2D eigenvalue weighted by Gasteiger charge is 2.33. The lowest BCUT2D eigenvalue weighted by atomic mass is 9.95. The molecule has 3 N–H and O–H groups in total. The van der Waals surface area contributed by atoms with Gasteiger partial charge in [-0.15, -0.1) is 0 Å². The number of alkyl halides is 2. The normalized spacial score (nSPS) is 24.9. The van der Waals surface area contributed by atoms with Crippen molar-refractivity contribution in [2.75, 3.05) is 23.7 Å². The van der Waals surface area contributed by atoms with Crippen LogP contribution in [0.2, 0.25) is 0 Å². The third-order valence-corrected chi connectivity index (χ3v) is 5.96. The molecule has 0 aromatic heterocycles. The second kappa shape index (κ2) is 8.02. The van der Waals surface area contributed by atoms with E-state index in [1.165, 1.54) is 17.5 Å². The first-order valence-electron chi connectivity index (χ1n) is 8.44. The molecule has 2 amide bonds. The van der Waals surface area contributed by atoms with Crippen molar-refractivity contribution in [3.05, 3.63) is 41.1 Å². The molecule has 0 radical (unpaired) electrons. The molecule has 0 spiro atoms. The van der Waals surface area contributed by atoms with Crippen LogP contribution in [0, 0.1) is 5.82 Å². The molecule has 2 aliphatic rings. The number of anilines is 1. The predicted octanol–water partition coefficient (Wildman–Crippen LogP) is 3.28. The molecule has 0 bridgehead atoms. The Kier molecular flexibility index (Phi) is 5.87. The van der Waals surface area contributed by atoms with Gasteiger partial charge in [0, 0.05) is 17.1 Å². The molecule has 1 fully saturated rings. The van der Waals surface area contributed by atoms with Crippen LogP contribution in [0.15, 0.2) is 29.7 Å². The summed E-state index contributed by atoms with van der Waals surface area (Å²) in [6, 6.07) is 4.20. The SMILES string of the molecule is O=C(NC[C@H]1CN(c2ccc(C3C=CS(O)(O)CC3)c(F)c2)C(=O)O1)C(F)F. The highest BCUT2D eigenvalue weighted by atomic mass is 32.3. The van der Waals surface area contributed by atoms with Crippen LogP contribution in [0.5, 0.6) is 0 Å².